The zero-order valence-electron chi connectivity index (χ0n) is 17.1. The first kappa shape index (κ1) is 20.6. The van der Waals surface area contributed by atoms with Gasteiger partial charge in [-0.25, -0.2) is 9.97 Å². The molecule has 3 rings (SSSR count). The lowest BCUT2D eigenvalue weighted by Gasteiger charge is -2.20. The van der Waals surface area contributed by atoms with E-state index >= 15 is 0 Å². The van der Waals surface area contributed by atoms with Crippen LogP contribution in [0.2, 0.25) is 5.15 Å². The number of halogens is 1. The summed E-state index contributed by atoms with van der Waals surface area (Å²) in [6, 6.07) is 10.0. The fourth-order valence-corrected chi connectivity index (χ4v) is 3.45. The van der Waals surface area contributed by atoms with E-state index in [1.165, 1.54) is 0 Å². The standard InChI is InChI=1S/C21H29ClN6/c1-5-28(6-2)13-9-10-15(3)23-21-20(18-14-19(22)27(4)26-18)24-16-11-7-8-12-17(16)25-21/h7-8,11-12,14-15H,5-6,9-10,13H2,1-4H3,(H,23,25). The molecule has 1 aromatic carbocycles. The van der Waals surface area contributed by atoms with Crippen LogP contribution in [0.25, 0.3) is 22.4 Å². The summed E-state index contributed by atoms with van der Waals surface area (Å²) in [4.78, 5) is 12.1. The van der Waals surface area contributed by atoms with Crippen molar-refractivity contribution >= 4 is 28.5 Å². The zero-order valence-corrected chi connectivity index (χ0v) is 17.9. The number of rotatable bonds is 9. The van der Waals surface area contributed by atoms with Crippen LogP contribution in [0.15, 0.2) is 30.3 Å². The molecule has 0 aliphatic carbocycles. The van der Waals surface area contributed by atoms with E-state index in [2.05, 4.69) is 36.1 Å². The Hall–Kier alpha value is -2.18. The summed E-state index contributed by atoms with van der Waals surface area (Å²) >= 11 is 6.21. The number of nitrogens with one attached hydrogen (secondary N) is 1. The van der Waals surface area contributed by atoms with Gasteiger partial charge in [0, 0.05) is 19.2 Å². The van der Waals surface area contributed by atoms with E-state index in [0.29, 0.717) is 5.15 Å². The van der Waals surface area contributed by atoms with Crippen LogP contribution >= 0.6 is 11.6 Å². The molecule has 0 fully saturated rings. The minimum atomic E-state index is 0.281. The Labute approximate surface area is 171 Å². The van der Waals surface area contributed by atoms with Gasteiger partial charge in [-0.3, -0.25) is 4.68 Å². The van der Waals surface area contributed by atoms with Gasteiger partial charge < -0.3 is 10.2 Å². The van der Waals surface area contributed by atoms with Crippen molar-refractivity contribution < 1.29 is 0 Å². The largest absolute Gasteiger partial charge is 0.366 e. The highest BCUT2D eigenvalue weighted by Gasteiger charge is 2.17. The van der Waals surface area contributed by atoms with E-state index in [9.17, 15) is 0 Å². The van der Waals surface area contributed by atoms with Gasteiger partial charge in [-0.1, -0.05) is 37.6 Å². The van der Waals surface area contributed by atoms with E-state index in [-0.39, 0.29) is 6.04 Å². The van der Waals surface area contributed by atoms with Crippen LogP contribution in [-0.2, 0) is 7.05 Å². The molecule has 0 aliphatic rings. The Bertz CT molecular complexity index is 899. The SMILES string of the molecule is CCN(CC)CCCC(C)Nc1nc2ccccc2nc1-c1cc(Cl)n(C)n1. The predicted octanol–water partition coefficient (Wildman–Crippen LogP) is 4.61. The lowest BCUT2D eigenvalue weighted by molar-refractivity contribution is 0.295. The molecule has 3 aromatic rings. The van der Waals surface area contributed by atoms with Gasteiger partial charge >= 0.3 is 0 Å². The molecule has 0 aliphatic heterocycles. The fraction of sp³-hybridized carbons (Fsp3) is 0.476. The van der Waals surface area contributed by atoms with Crippen LogP contribution in [0.5, 0.6) is 0 Å². The number of aryl methyl sites for hydroxylation is 1. The molecule has 1 N–H and O–H groups in total. The van der Waals surface area contributed by atoms with Crippen molar-refractivity contribution in [3.8, 4) is 11.4 Å². The third-order valence-electron chi connectivity index (χ3n) is 5.02. The molecule has 1 atom stereocenters. The van der Waals surface area contributed by atoms with Gasteiger partial charge in [-0.05, 0) is 51.5 Å². The molecule has 0 saturated carbocycles. The second-order valence-electron chi connectivity index (χ2n) is 7.10. The fourth-order valence-electron chi connectivity index (χ4n) is 3.31. The van der Waals surface area contributed by atoms with Crippen LogP contribution in [0.3, 0.4) is 0 Å². The number of aromatic nitrogens is 4. The molecule has 6 nitrogen and oxygen atoms in total. The molecule has 0 spiro atoms. The van der Waals surface area contributed by atoms with Gasteiger partial charge in [0.15, 0.2) is 5.82 Å². The summed E-state index contributed by atoms with van der Waals surface area (Å²) < 4.78 is 1.64. The highest BCUT2D eigenvalue weighted by Crippen LogP contribution is 2.28. The molecule has 1 unspecified atom stereocenters. The second kappa shape index (κ2) is 9.34. The molecule has 28 heavy (non-hydrogen) atoms. The van der Waals surface area contributed by atoms with Crippen molar-refractivity contribution in [3.63, 3.8) is 0 Å². The number of benzene rings is 1. The zero-order chi connectivity index (χ0) is 20.1. The molecule has 2 heterocycles. The summed E-state index contributed by atoms with van der Waals surface area (Å²) in [5.74, 6) is 0.754. The third kappa shape index (κ3) is 4.80. The van der Waals surface area contributed by atoms with E-state index < -0.39 is 0 Å². The molecule has 150 valence electrons. The number of hydrogen-bond acceptors (Lipinski definition) is 5. The summed E-state index contributed by atoms with van der Waals surface area (Å²) in [6.45, 7) is 9.91. The van der Waals surface area contributed by atoms with Crippen molar-refractivity contribution in [2.24, 2.45) is 7.05 Å². The Balaban J connectivity index is 1.83. The van der Waals surface area contributed by atoms with Gasteiger partial charge in [0.05, 0.1) is 11.0 Å². The number of anilines is 1. The van der Waals surface area contributed by atoms with Crippen molar-refractivity contribution in [1.82, 2.24) is 24.6 Å². The normalized spacial score (nSPS) is 12.6. The van der Waals surface area contributed by atoms with Crippen LogP contribution in [0.4, 0.5) is 5.82 Å². The highest BCUT2D eigenvalue weighted by atomic mass is 35.5. The van der Waals surface area contributed by atoms with Crippen molar-refractivity contribution in [1.29, 1.82) is 0 Å². The average molecular weight is 401 g/mol. The van der Waals surface area contributed by atoms with Gasteiger partial charge in [-0.15, -0.1) is 0 Å². The summed E-state index contributed by atoms with van der Waals surface area (Å²) in [5.41, 5.74) is 3.17. The first-order valence-electron chi connectivity index (χ1n) is 9.97. The summed E-state index contributed by atoms with van der Waals surface area (Å²) in [5, 5.41) is 8.63. The Morgan fingerprint density at radius 3 is 2.43 bits per heavy atom. The molecule has 2 aromatic heterocycles. The maximum absolute atomic E-state index is 6.21. The average Bonchev–Trinajstić information content (AvgIpc) is 3.03. The Kier molecular flexibility index (Phi) is 6.86. The number of para-hydroxylation sites is 2. The van der Waals surface area contributed by atoms with Crippen molar-refractivity contribution in [3.05, 3.63) is 35.5 Å². The Morgan fingerprint density at radius 1 is 1.14 bits per heavy atom. The van der Waals surface area contributed by atoms with E-state index in [1.54, 1.807) is 4.68 Å². The number of hydrogen-bond donors (Lipinski definition) is 1. The third-order valence-corrected chi connectivity index (χ3v) is 5.38. The predicted molar refractivity (Wildman–Crippen MR) is 117 cm³/mol. The van der Waals surface area contributed by atoms with Crippen molar-refractivity contribution in [2.45, 2.75) is 39.7 Å². The second-order valence-corrected chi connectivity index (χ2v) is 7.49. The summed E-state index contributed by atoms with van der Waals surface area (Å²) in [6.07, 6.45) is 2.20. The minimum absolute atomic E-state index is 0.281. The van der Waals surface area contributed by atoms with Crippen molar-refractivity contribution in [2.75, 3.05) is 25.0 Å². The van der Waals surface area contributed by atoms with Crippen LogP contribution in [0, 0.1) is 0 Å². The Morgan fingerprint density at radius 2 is 1.82 bits per heavy atom. The first-order valence-corrected chi connectivity index (χ1v) is 10.3. The number of nitrogens with zero attached hydrogens (tertiary/aromatic N) is 5. The highest BCUT2D eigenvalue weighted by molar-refractivity contribution is 6.29. The molecule has 0 amide bonds. The van der Waals surface area contributed by atoms with Gasteiger partial charge in [-0.2, -0.15) is 5.10 Å². The van der Waals surface area contributed by atoms with Gasteiger partial charge in [0.2, 0.25) is 0 Å². The van der Waals surface area contributed by atoms with Gasteiger partial charge in [0.25, 0.3) is 0 Å². The molecule has 7 heteroatoms. The van der Waals surface area contributed by atoms with E-state index in [0.717, 1.165) is 60.7 Å². The minimum Gasteiger partial charge on any atom is -0.366 e. The summed E-state index contributed by atoms with van der Waals surface area (Å²) in [7, 11) is 1.82. The van der Waals surface area contributed by atoms with E-state index in [4.69, 9.17) is 21.6 Å². The van der Waals surface area contributed by atoms with Gasteiger partial charge in [0.1, 0.15) is 16.5 Å². The molecule has 0 radical (unpaired) electrons. The van der Waals surface area contributed by atoms with Crippen LogP contribution in [0.1, 0.15) is 33.6 Å². The van der Waals surface area contributed by atoms with Crippen LogP contribution in [-0.4, -0.2) is 50.3 Å². The lowest BCUT2D eigenvalue weighted by atomic mass is 10.1. The molecular formula is C21H29ClN6. The van der Waals surface area contributed by atoms with E-state index in [1.807, 2.05) is 37.4 Å². The quantitative estimate of drug-likeness (QED) is 0.568. The van der Waals surface area contributed by atoms with Crippen LogP contribution < -0.4 is 5.32 Å². The maximum atomic E-state index is 6.21. The number of fused-ring (bicyclic) bond motifs is 1. The monoisotopic (exact) mass is 400 g/mol. The smallest absolute Gasteiger partial charge is 0.155 e. The molecular weight excluding hydrogens is 372 g/mol. The first-order chi connectivity index (χ1) is 13.5. The topological polar surface area (TPSA) is 58.9 Å². The molecule has 0 bridgehead atoms. The lowest BCUT2D eigenvalue weighted by Crippen LogP contribution is -2.26. The molecule has 0 saturated heterocycles. The maximum Gasteiger partial charge on any atom is 0.155 e.